The molecule has 0 aliphatic carbocycles. The van der Waals surface area contributed by atoms with Gasteiger partial charge in [0.15, 0.2) is 5.11 Å². The molecular formula is C22H20ClN3OS. The van der Waals surface area contributed by atoms with Gasteiger partial charge in [-0.3, -0.25) is 4.79 Å². The third kappa shape index (κ3) is 5.55. The Morgan fingerprint density at radius 1 is 0.964 bits per heavy atom. The molecule has 3 aromatic rings. The molecule has 0 saturated heterocycles. The number of hydrogen-bond acceptors (Lipinski definition) is 2. The Morgan fingerprint density at radius 3 is 2.54 bits per heavy atom. The van der Waals surface area contributed by atoms with Gasteiger partial charge in [-0.1, -0.05) is 54.1 Å². The highest BCUT2D eigenvalue weighted by molar-refractivity contribution is 7.80. The fourth-order valence-electron chi connectivity index (χ4n) is 2.63. The van der Waals surface area contributed by atoms with Crippen LogP contribution in [-0.4, -0.2) is 11.0 Å². The summed E-state index contributed by atoms with van der Waals surface area (Å²) in [5.41, 5.74) is 4.20. The van der Waals surface area contributed by atoms with Gasteiger partial charge in [-0.05, 0) is 60.6 Å². The van der Waals surface area contributed by atoms with E-state index in [2.05, 4.69) is 16.0 Å². The monoisotopic (exact) mass is 409 g/mol. The average Bonchev–Trinajstić information content (AvgIpc) is 2.70. The van der Waals surface area contributed by atoms with Crippen LogP contribution in [-0.2, 0) is 6.54 Å². The summed E-state index contributed by atoms with van der Waals surface area (Å²) in [6, 6.07) is 22.5. The summed E-state index contributed by atoms with van der Waals surface area (Å²) < 4.78 is 0. The largest absolute Gasteiger partial charge is 0.348 e. The van der Waals surface area contributed by atoms with E-state index in [0.29, 0.717) is 22.2 Å². The number of anilines is 2. The van der Waals surface area contributed by atoms with Crippen LogP contribution in [0.15, 0.2) is 72.8 Å². The molecule has 0 spiro atoms. The van der Waals surface area contributed by atoms with E-state index in [0.717, 1.165) is 22.5 Å². The van der Waals surface area contributed by atoms with Crippen LogP contribution in [0.1, 0.15) is 21.5 Å². The second-order valence-electron chi connectivity index (χ2n) is 6.29. The van der Waals surface area contributed by atoms with Crippen molar-refractivity contribution in [1.29, 1.82) is 0 Å². The highest BCUT2D eigenvalue weighted by atomic mass is 35.5. The zero-order valence-electron chi connectivity index (χ0n) is 15.3. The van der Waals surface area contributed by atoms with E-state index in [1.54, 1.807) is 12.1 Å². The molecule has 0 aliphatic heterocycles. The highest BCUT2D eigenvalue weighted by Crippen LogP contribution is 2.20. The number of carbonyl (C=O) groups is 1. The van der Waals surface area contributed by atoms with Gasteiger partial charge in [0, 0.05) is 28.5 Å². The van der Waals surface area contributed by atoms with E-state index < -0.39 is 0 Å². The number of hydrogen-bond donors (Lipinski definition) is 3. The van der Waals surface area contributed by atoms with Crippen LogP contribution in [0.3, 0.4) is 0 Å². The number of rotatable bonds is 5. The first-order chi connectivity index (χ1) is 13.5. The average molecular weight is 410 g/mol. The zero-order chi connectivity index (χ0) is 19.9. The van der Waals surface area contributed by atoms with Gasteiger partial charge in [0.25, 0.3) is 5.91 Å². The van der Waals surface area contributed by atoms with Crippen molar-refractivity contribution in [1.82, 2.24) is 5.32 Å². The Balaban J connectivity index is 1.61. The van der Waals surface area contributed by atoms with Crippen molar-refractivity contribution in [3.63, 3.8) is 0 Å². The molecule has 0 bridgehead atoms. The Hall–Kier alpha value is -2.89. The summed E-state index contributed by atoms with van der Waals surface area (Å²) in [6.07, 6.45) is 0. The molecule has 0 radical (unpaired) electrons. The SMILES string of the molecule is Cc1ccc(Cl)cc1NC(=S)Nc1cccc(C(=O)NCc2ccccc2)c1. The molecule has 0 fully saturated rings. The number of nitrogens with one attached hydrogen (secondary N) is 3. The third-order valence-corrected chi connectivity index (χ3v) is 4.57. The maximum absolute atomic E-state index is 12.4. The van der Waals surface area contributed by atoms with E-state index in [1.807, 2.05) is 67.6 Å². The summed E-state index contributed by atoms with van der Waals surface area (Å²) >= 11 is 11.4. The van der Waals surface area contributed by atoms with Crippen molar-refractivity contribution < 1.29 is 4.79 Å². The fourth-order valence-corrected chi connectivity index (χ4v) is 3.03. The molecule has 4 nitrogen and oxygen atoms in total. The minimum absolute atomic E-state index is 0.142. The number of thiocarbonyl (C=S) groups is 1. The van der Waals surface area contributed by atoms with Crippen LogP contribution < -0.4 is 16.0 Å². The molecule has 3 N–H and O–H groups in total. The van der Waals surface area contributed by atoms with Crippen LogP contribution in [0.25, 0.3) is 0 Å². The first kappa shape index (κ1) is 19.9. The normalized spacial score (nSPS) is 10.2. The molecule has 0 atom stereocenters. The maximum atomic E-state index is 12.4. The fraction of sp³-hybridized carbons (Fsp3) is 0.0909. The van der Waals surface area contributed by atoms with E-state index in [9.17, 15) is 4.79 Å². The molecule has 6 heteroatoms. The molecule has 142 valence electrons. The summed E-state index contributed by atoms with van der Waals surface area (Å²) in [5, 5.41) is 10.2. The van der Waals surface area contributed by atoms with Gasteiger partial charge in [-0.15, -0.1) is 0 Å². The molecule has 0 aliphatic rings. The van der Waals surface area contributed by atoms with Crippen molar-refractivity contribution >= 4 is 46.2 Å². The molecule has 0 heterocycles. The second-order valence-corrected chi connectivity index (χ2v) is 7.13. The quantitative estimate of drug-likeness (QED) is 0.495. The Bertz CT molecular complexity index is 992. The van der Waals surface area contributed by atoms with Crippen molar-refractivity contribution in [2.45, 2.75) is 13.5 Å². The van der Waals surface area contributed by atoms with Gasteiger partial charge < -0.3 is 16.0 Å². The molecule has 1 amide bonds. The Morgan fingerprint density at radius 2 is 1.75 bits per heavy atom. The summed E-state index contributed by atoms with van der Waals surface area (Å²) in [5.74, 6) is -0.142. The van der Waals surface area contributed by atoms with Crippen LogP contribution in [0.5, 0.6) is 0 Å². The van der Waals surface area contributed by atoms with E-state index in [1.165, 1.54) is 0 Å². The van der Waals surface area contributed by atoms with Gasteiger partial charge in [-0.25, -0.2) is 0 Å². The predicted octanol–water partition coefficient (Wildman–Crippen LogP) is 5.39. The number of benzene rings is 3. The van der Waals surface area contributed by atoms with Crippen molar-refractivity contribution in [3.05, 3.63) is 94.5 Å². The number of aryl methyl sites for hydroxylation is 1. The predicted molar refractivity (Wildman–Crippen MR) is 120 cm³/mol. The summed E-state index contributed by atoms with van der Waals surface area (Å²) in [7, 11) is 0. The van der Waals surface area contributed by atoms with Gasteiger partial charge >= 0.3 is 0 Å². The molecule has 3 aromatic carbocycles. The number of amides is 1. The lowest BCUT2D eigenvalue weighted by Gasteiger charge is -2.13. The van der Waals surface area contributed by atoms with Gasteiger partial charge in [0.1, 0.15) is 0 Å². The van der Waals surface area contributed by atoms with E-state index >= 15 is 0 Å². The second kappa shape index (κ2) is 9.35. The lowest BCUT2D eigenvalue weighted by atomic mass is 10.1. The molecule has 0 unspecified atom stereocenters. The molecule has 0 saturated carbocycles. The highest BCUT2D eigenvalue weighted by Gasteiger charge is 2.08. The van der Waals surface area contributed by atoms with E-state index in [4.69, 9.17) is 23.8 Å². The topological polar surface area (TPSA) is 53.2 Å². The maximum Gasteiger partial charge on any atom is 0.251 e. The number of carbonyl (C=O) groups excluding carboxylic acids is 1. The molecular weight excluding hydrogens is 390 g/mol. The minimum atomic E-state index is -0.142. The minimum Gasteiger partial charge on any atom is -0.348 e. The van der Waals surface area contributed by atoms with Crippen molar-refractivity contribution in [2.75, 3.05) is 10.6 Å². The van der Waals surface area contributed by atoms with Gasteiger partial charge in [0.2, 0.25) is 0 Å². The summed E-state index contributed by atoms with van der Waals surface area (Å²) in [6.45, 7) is 2.45. The van der Waals surface area contributed by atoms with Crippen LogP contribution in [0.2, 0.25) is 5.02 Å². The van der Waals surface area contributed by atoms with Crippen LogP contribution in [0, 0.1) is 6.92 Å². The Labute approximate surface area is 174 Å². The smallest absolute Gasteiger partial charge is 0.251 e. The van der Waals surface area contributed by atoms with Crippen LogP contribution >= 0.6 is 23.8 Å². The first-order valence-electron chi connectivity index (χ1n) is 8.77. The first-order valence-corrected chi connectivity index (χ1v) is 9.56. The van der Waals surface area contributed by atoms with E-state index in [-0.39, 0.29) is 5.91 Å². The Kier molecular flexibility index (Phi) is 6.63. The molecule has 3 rings (SSSR count). The van der Waals surface area contributed by atoms with Crippen LogP contribution in [0.4, 0.5) is 11.4 Å². The van der Waals surface area contributed by atoms with Gasteiger partial charge in [-0.2, -0.15) is 0 Å². The number of halogens is 1. The molecule has 0 aromatic heterocycles. The third-order valence-electron chi connectivity index (χ3n) is 4.13. The lowest BCUT2D eigenvalue weighted by molar-refractivity contribution is 0.0951. The summed E-state index contributed by atoms with van der Waals surface area (Å²) in [4.78, 5) is 12.4. The van der Waals surface area contributed by atoms with Crippen molar-refractivity contribution in [2.24, 2.45) is 0 Å². The van der Waals surface area contributed by atoms with Crippen molar-refractivity contribution in [3.8, 4) is 0 Å². The lowest BCUT2D eigenvalue weighted by Crippen LogP contribution is -2.23. The van der Waals surface area contributed by atoms with Gasteiger partial charge in [0.05, 0.1) is 0 Å². The zero-order valence-corrected chi connectivity index (χ0v) is 16.9. The standard InChI is InChI=1S/C22H20ClN3OS/c1-15-10-11-18(23)13-20(15)26-22(28)25-19-9-5-8-17(12-19)21(27)24-14-16-6-3-2-4-7-16/h2-13H,14H2,1H3,(H,24,27)(H2,25,26,28). The molecule has 28 heavy (non-hydrogen) atoms.